The smallest absolute Gasteiger partial charge is 0.276 e. The van der Waals surface area contributed by atoms with Crippen LogP contribution >= 0.6 is 0 Å². The van der Waals surface area contributed by atoms with Crippen LogP contribution in [0.15, 0.2) is 30.3 Å². The fourth-order valence-electron chi connectivity index (χ4n) is 3.23. The summed E-state index contributed by atoms with van der Waals surface area (Å²) < 4.78 is 21.2. The molecule has 0 saturated carbocycles. The van der Waals surface area contributed by atoms with E-state index in [2.05, 4.69) is 10.9 Å². The highest BCUT2D eigenvalue weighted by atomic mass is 16.5. The van der Waals surface area contributed by atoms with Crippen LogP contribution in [-0.2, 0) is 17.6 Å². The van der Waals surface area contributed by atoms with Gasteiger partial charge < -0.3 is 18.9 Å². The SMILES string of the molecule is COc1cc(C(=O)NNC(=O)COc2ccc3c(c2)CCC3)cc(OC)c1OC. The van der Waals surface area contributed by atoms with Gasteiger partial charge in [-0.05, 0) is 54.7 Å². The molecule has 2 aromatic carbocycles. The zero-order chi connectivity index (χ0) is 20.8. The predicted molar refractivity (Wildman–Crippen MR) is 106 cm³/mol. The van der Waals surface area contributed by atoms with E-state index in [9.17, 15) is 9.59 Å². The summed E-state index contributed by atoms with van der Waals surface area (Å²) in [5.74, 6) is 0.669. The number of nitrogens with one attached hydrogen (secondary N) is 2. The van der Waals surface area contributed by atoms with Gasteiger partial charge in [-0.3, -0.25) is 20.4 Å². The maximum atomic E-state index is 12.4. The third-order valence-electron chi connectivity index (χ3n) is 4.68. The monoisotopic (exact) mass is 400 g/mol. The lowest BCUT2D eigenvalue weighted by Gasteiger charge is -2.14. The average Bonchev–Trinajstić information content (AvgIpc) is 3.22. The highest BCUT2D eigenvalue weighted by Gasteiger charge is 2.17. The lowest BCUT2D eigenvalue weighted by Crippen LogP contribution is -2.43. The first-order chi connectivity index (χ1) is 14.0. The van der Waals surface area contributed by atoms with E-state index in [4.69, 9.17) is 18.9 Å². The molecule has 0 radical (unpaired) electrons. The molecule has 0 saturated heterocycles. The minimum atomic E-state index is -0.532. The minimum absolute atomic E-state index is 0.214. The number of benzene rings is 2. The van der Waals surface area contributed by atoms with E-state index in [0.717, 1.165) is 19.3 Å². The summed E-state index contributed by atoms with van der Waals surface area (Å²) in [7, 11) is 4.38. The zero-order valence-corrected chi connectivity index (χ0v) is 16.7. The van der Waals surface area contributed by atoms with Gasteiger partial charge in [-0.2, -0.15) is 0 Å². The van der Waals surface area contributed by atoms with E-state index in [1.165, 1.54) is 44.6 Å². The van der Waals surface area contributed by atoms with Gasteiger partial charge in [0.25, 0.3) is 11.8 Å². The highest BCUT2D eigenvalue weighted by molar-refractivity contribution is 5.96. The van der Waals surface area contributed by atoms with Gasteiger partial charge in [-0.25, -0.2) is 0 Å². The molecule has 2 aromatic rings. The third kappa shape index (κ3) is 4.71. The molecule has 154 valence electrons. The minimum Gasteiger partial charge on any atom is -0.493 e. The van der Waals surface area contributed by atoms with Crippen LogP contribution in [0, 0.1) is 0 Å². The molecule has 2 N–H and O–H groups in total. The number of carbonyl (C=O) groups is 2. The van der Waals surface area contributed by atoms with Gasteiger partial charge in [0.2, 0.25) is 5.75 Å². The molecule has 8 heteroatoms. The van der Waals surface area contributed by atoms with Crippen molar-refractivity contribution in [2.75, 3.05) is 27.9 Å². The Bertz CT molecular complexity index is 887. The lowest BCUT2D eigenvalue weighted by molar-refractivity contribution is -0.123. The van der Waals surface area contributed by atoms with E-state index in [1.54, 1.807) is 0 Å². The zero-order valence-electron chi connectivity index (χ0n) is 16.7. The quantitative estimate of drug-likeness (QED) is 0.691. The van der Waals surface area contributed by atoms with Crippen LogP contribution in [0.25, 0.3) is 0 Å². The van der Waals surface area contributed by atoms with Gasteiger partial charge in [0, 0.05) is 5.56 Å². The van der Waals surface area contributed by atoms with Crippen molar-refractivity contribution in [3.8, 4) is 23.0 Å². The molecule has 1 aliphatic carbocycles. The molecule has 0 aromatic heterocycles. The van der Waals surface area contributed by atoms with E-state index in [0.29, 0.717) is 23.0 Å². The summed E-state index contributed by atoms with van der Waals surface area (Å²) in [5, 5.41) is 0. The van der Waals surface area contributed by atoms with Gasteiger partial charge in [-0.1, -0.05) is 6.07 Å². The molecule has 3 rings (SSSR count). The Kier molecular flexibility index (Phi) is 6.43. The van der Waals surface area contributed by atoms with Crippen molar-refractivity contribution in [3.63, 3.8) is 0 Å². The number of rotatable bonds is 7. The fraction of sp³-hybridized carbons (Fsp3) is 0.333. The number of amides is 2. The number of methoxy groups -OCH3 is 3. The van der Waals surface area contributed by atoms with E-state index >= 15 is 0 Å². The topological polar surface area (TPSA) is 95.1 Å². The Morgan fingerprint density at radius 1 is 0.897 bits per heavy atom. The summed E-state index contributed by atoms with van der Waals surface area (Å²) in [6, 6.07) is 8.82. The number of hydrogen-bond acceptors (Lipinski definition) is 6. The lowest BCUT2D eigenvalue weighted by atomic mass is 10.1. The van der Waals surface area contributed by atoms with Crippen LogP contribution in [0.3, 0.4) is 0 Å². The summed E-state index contributed by atoms with van der Waals surface area (Å²) >= 11 is 0. The van der Waals surface area contributed by atoms with Crippen molar-refractivity contribution in [1.29, 1.82) is 0 Å². The molecule has 8 nitrogen and oxygen atoms in total. The molecule has 0 spiro atoms. The van der Waals surface area contributed by atoms with Crippen molar-refractivity contribution in [2.45, 2.75) is 19.3 Å². The largest absolute Gasteiger partial charge is 0.493 e. The normalized spacial score (nSPS) is 12.0. The molecule has 0 fully saturated rings. The number of hydrogen-bond donors (Lipinski definition) is 2. The number of ether oxygens (including phenoxy) is 4. The second kappa shape index (κ2) is 9.18. The van der Waals surface area contributed by atoms with Crippen LogP contribution in [0.2, 0.25) is 0 Å². The summed E-state index contributed by atoms with van der Waals surface area (Å²) in [5.41, 5.74) is 7.51. The molecule has 2 amide bonds. The molecule has 0 aliphatic heterocycles. The van der Waals surface area contributed by atoms with Gasteiger partial charge in [0.05, 0.1) is 21.3 Å². The van der Waals surface area contributed by atoms with Crippen molar-refractivity contribution >= 4 is 11.8 Å². The Morgan fingerprint density at radius 2 is 1.59 bits per heavy atom. The molecular weight excluding hydrogens is 376 g/mol. The van der Waals surface area contributed by atoms with E-state index in [1.807, 2.05) is 18.2 Å². The van der Waals surface area contributed by atoms with Gasteiger partial charge in [0.1, 0.15) is 5.75 Å². The molecule has 0 bridgehead atoms. The Balaban J connectivity index is 1.55. The molecular formula is C21H24N2O6. The van der Waals surface area contributed by atoms with Gasteiger partial charge in [-0.15, -0.1) is 0 Å². The summed E-state index contributed by atoms with van der Waals surface area (Å²) in [4.78, 5) is 24.4. The first-order valence-electron chi connectivity index (χ1n) is 9.19. The average molecular weight is 400 g/mol. The standard InChI is InChI=1S/C21H24N2O6/c1-26-17-10-15(11-18(27-2)20(17)28-3)21(25)23-22-19(24)12-29-16-8-7-13-5-4-6-14(13)9-16/h7-11H,4-6,12H2,1-3H3,(H,22,24)(H,23,25). The van der Waals surface area contributed by atoms with Crippen LogP contribution in [0.5, 0.6) is 23.0 Å². The molecule has 0 unspecified atom stereocenters. The number of carbonyl (C=O) groups excluding carboxylic acids is 2. The number of fused-ring (bicyclic) bond motifs is 1. The molecule has 29 heavy (non-hydrogen) atoms. The Hall–Kier alpha value is -3.42. The first kappa shape index (κ1) is 20.3. The van der Waals surface area contributed by atoms with Crippen LogP contribution in [0.4, 0.5) is 0 Å². The first-order valence-corrected chi connectivity index (χ1v) is 9.19. The highest BCUT2D eigenvalue weighted by Crippen LogP contribution is 2.38. The molecule has 0 heterocycles. The molecule has 0 atom stereocenters. The van der Waals surface area contributed by atoms with E-state index in [-0.39, 0.29) is 12.2 Å². The second-order valence-corrected chi connectivity index (χ2v) is 6.49. The maximum absolute atomic E-state index is 12.4. The van der Waals surface area contributed by atoms with Crippen LogP contribution < -0.4 is 29.8 Å². The number of aryl methyl sites for hydroxylation is 2. The Morgan fingerprint density at radius 3 is 2.24 bits per heavy atom. The van der Waals surface area contributed by atoms with Gasteiger partial charge >= 0.3 is 0 Å². The third-order valence-corrected chi connectivity index (χ3v) is 4.68. The van der Waals surface area contributed by atoms with Crippen LogP contribution in [0.1, 0.15) is 27.9 Å². The summed E-state index contributed by atoms with van der Waals surface area (Å²) in [6.45, 7) is -0.214. The van der Waals surface area contributed by atoms with Crippen molar-refractivity contribution < 1.29 is 28.5 Å². The second-order valence-electron chi connectivity index (χ2n) is 6.49. The van der Waals surface area contributed by atoms with Gasteiger partial charge in [0.15, 0.2) is 18.1 Å². The predicted octanol–water partition coefficient (Wildman–Crippen LogP) is 2.04. The maximum Gasteiger partial charge on any atom is 0.276 e. The van der Waals surface area contributed by atoms with Crippen LogP contribution in [-0.4, -0.2) is 39.8 Å². The summed E-state index contributed by atoms with van der Waals surface area (Å²) in [6.07, 6.45) is 3.26. The molecule has 1 aliphatic rings. The Labute approximate surface area is 169 Å². The van der Waals surface area contributed by atoms with Crippen molar-refractivity contribution in [3.05, 3.63) is 47.0 Å². The van der Waals surface area contributed by atoms with E-state index < -0.39 is 11.8 Å². The number of hydrazine groups is 1. The van der Waals surface area contributed by atoms with Crippen molar-refractivity contribution in [2.24, 2.45) is 0 Å². The van der Waals surface area contributed by atoms with Crippen molar-refractivity contribution in [1.82, 2.24) is 10.9 Å². The fourth-order valence-corrected chi connectivity index (χ4v) is 3.23.